The highest BCUT2D eigenvalue weighted by Crippen LogP contribution is 2.39. The fourth-order valence-corrected chi connectivity index (χ4v) is 4.80. The van der Waals surface area contributed by atoms with Gasteiger partial charge in [-0.1, -0.05) is 12.5 Å². The number of pyridine rings is 1. The summed E-state index contributed by atoms with van der Waals surface area (Å²) in [5, 5.41) is 24.6. The Balaban J connectivity index is 1.65. The van der Waals surface area contributed by atoms with E-state index in [2.05, 4.69) is 28.0 Å². The van der Waals surface area contributed by atoms with Gasteiger partial charge in [0.25, 0.3) is 5.56 Å². The molecule has 7 nitrogen and oxygen atoms in total. The number of aryl methyl sites for hydroxylation is 2. The van der Waals surface area contributed by atoms with Crippen molar-refractivity contribution in [2.24, 2.45) is 7.05 Å². The minimum absolute atomic E-state index is 0.410. The molecule has 1 aromatic carbocycles. The first-order valence-corrected chi connectivity index (χ1v) is 10.5. The van der Waals surface area contributed by atoms with Crippen LogP contribution in [0.2, 0.25) is 0 Å². The normalized spacial score (nSPS) is 16.0. The molecule has 5 rings (SSSR count). The van der Waals surface area contributed by atoms with E-state index in [0.717, 1.165) is 41.4 Å². The van der Waals surface area contributed by atoms with Crippen LogP contribution in [0.3, 0.4) is 0 Å². The number of hydrogen-bond acceptors (Lipinski definition) is 4. The van der Waals surface area contributed by atoms with Crippen LogP contribution in [-0.2, 0) is 26.4 Å². The quantitative estimate of drug-likeness (QED) is 0.532. The number of aromatic amines is 1. The number of aromatic hydroxyl groups is 1. The molecule has 1 saturated carbocycles. The number of hydrogen-bond donors (Lipinski definition) is 4. The van der Waals surface area contributed by atoms with E-state index >= 15 is 0 Å². The van der Waals surface area contributed by atoms with Crippen LogP contribution in [0.1, 0.15) is 52.9 Å². The van der Waals surface area contributed by atoms with E-state index < -0.39 is 22.8 Å². The van der Waals surface area contributed by atoms with Gasteiger partial charge in [0, 0.05) is 47.4 Å². The van der Waals surface area contributed by atoms with Crippen molar-refractivity contribution in [3.63, 3.8) is 0 Å². The van der Waals surface area contributed by atoms with E-state index in [1.165, 1.54) is 25.0 Å². The number of H-pyrrole nitrogens is 1. The zero-order valence-corrected chi connectivity index (χ0v) is 16.9. The van der Waals surface area contributed by atoms with Crippen molar-refractivity contribution >= 4 is 16.9 Å². The summed E-state index contributed by atoms with van der Waals surface area (Å²) in [6, 6.07) is 6.84. The van der Waals surface area contributed by atoms with E-state index in [-0.39, 0.29) is 0 Å². The number of nitrogens with zero attached hydrogens (tertiary/aromatic N) is 1. The lowest BCUT2D eigenvalue weighted by Crippen LogP contribution is -2.34. The lowest BCUT2D eigenvalue weighted by atomic mass is 9.93. The Morgan fingerprint density at radius 2 is 2.00 bits per heavy atom. The number of rotatable bonds is 4. The van der Waals surface area contributed by atoms with Gasteiger partial charge < -0.3 is 25.1 Å². The number of aromatic nitrogens is 2. The Labute approximate surface area is 173 Å². The highest BCUT2D eigenvalue weighted by molar-refractivity contribution is 5.94. The zero-order chi connectivity index (χ0) is 21.0. The Kier molecular flexibility index (Phi) is 4.43. The van der Waals surface area contributed by atoms with Crippen LogP contribution < -0.4 is 10.9 Å². The van der Waals surface area contributed by atoms with E-state index in [0.29, 0.717) is 23.7 Å². The molecule has 156 valence electrons. The summed E-state index contributed by atoms with van der Waals surface area (Å²) in [7, 11) is 2.07. The first-order chi connectivity index (χ1) is 14.5. The van der Waals surface area contributed by atoms with E-state index in [1.54, 1.807) is 0 Å². The molecule has 0 saturated heterocycles. The molecule has 2 aliphatic rings. The highest BCUT2D eigenvalue weighted by atomic mass is 16.4. The second kappa shape index (κ2) is 7.02. The van der Waals surface area contributed by atoms with Gasteiger partial charge in [-0.3, -0.25) is 4.79 Å². The van der Waals surface area contributed by atoms with Gasteiger partial charge in [0.1, 0.15) is 5.75 Å². The first kappa shape index (κ1) is 18.9. The van der Waals surface area contributed by atoms with Gasteiger partial charge in [-0.2, -0.15) is 0 Å². The predicted molar refractivity (Wildman–Crippen MR) is 114 cm³/mol. The molecule has 0 bridgehead atoms. The fourth-order valence-electron chi connectivity index (χ4n) is 4.80. The van der Waals surface area contributed by atoms with Gasteiger partial charge in [0.05, 0.1) is 5.69 Å². The third-order valence-corrected chi connectivity index (χ3v) is 6.74. The second-order valence-electron chi connectivity index (χ2n) is 8.42. The highest BCUT2D eigenvalue weighted by Gasteiger charge is 2.26. The maximum Gasteiger partial charge on any atom is 0.345 e. The van der Waals surface area contributed by atoms with Crippen molar-refractivity contribution in [3.05, 3.63) is 50.9 Å². The number of carboxylic acids is 1. The largest absolute Gasteiger partial charge is 0.506 e. The van der Waals surface area contributed by atoms with Crippen LogP contribution in [0, 0.1) is 0 Å². The third-order valence-electron chi connectivity index (χ3n) is 6.74. The minimum atomic E-state index is -1.41. The van der Waals surface area contributed by atoms with Crippen molar-refractivity contribution in [2.75, 3.05) is 0 Å². The van der Waals surface area contributed by atoms with Gasteiger partial charge in [0.2, 0.25) is 0 Å². The first-order valence-electron chi connectivity index (χ1n) is 10.5. The maximum atomic E-state index is 12.4. The Morgan fingerprint density at radius 1 is 1.23 bits per heavy atom. The lowest BCUT2D eigenvalue weighted by Gasteiger charge is -2.26. The SMILES string of the molecule is Cn1c(CNC2CCC2)cc2c3c(ccc21)-c1[nH]c(=O)c(C(=O)O)c(O)c1CCC3. The number of nitrogens with one attached hydrogen (secondary N) is 2. The van der Waals surface area contributed by atoms with Gasteiger partial charge in [0.15, 0.2) is 5.56 Å². The summed E-state index contributed by atoms with van der Waals surface area (Å²) in [4.78, 5) is 26.5. The van der Waals surface area contributed by atoms with Crippen LogP contribution >= 0.6 is 0 Å². The van der Waals surface area contributed by atoms with E-state index in [9.17, 15) is 19.8 Å². The predicted octanol–water partition coefficient (Wildman–Crippen LogP) is 3.07. The molecule has 1 fully saturated rings. The maximum absolute atomic E-state index is 12.4. The summed E-state index contributed by atoms with van der Waals surface area (Å²) in [6.45, 7) is 0.820. The van der Waals surface area contributed by atoms with Crippen LogP contribution in [0.5, 0.6) is 5.75 Å². The van der Waals surface area contributed by atoms with E-state index in [4.69, 9.17) is 0 Å². The molecule has 0 aliphatic heterocycles. The molecule has 2 aromatic heterocycles. The topological polar surface area (TPSA) is 107 Å². The zero-order valence-electron chi connectivity index (χ0n) is 16.9. The molecule has 7 heteroatoms. The van der Waals surface area contributed by atoms with Gasteiger partial charge in [-0.05, 0) is 49.8 Å². The van der Waals surface area contributed by atoms with Crippen molar-refractivity contribution in [1.29, 1.82) is 0 Å². The molecule has 30 heavy (non-hydrogen) atoms. The van der Waals surface area contributed by atoms with Crippen molar-refractivity contribution in [3.8, 4) is 17.0 Å². The molecule has 2 heterocycles. The van der Waals surface area contributed by atoms with Crippen molar-refractivity contribution < 1.29 is 15.0 Å². The molecule has 0 radical (unpaired) electrons. The molecular formula is C23H25N3O4. The average Bonchev–Trinajstić information content (AvgIpc) is 2.86. The molecule has 3 aromatic rings. The van der Waals surface area contributed by atoms with Gasteiger partial charge in [-0.25, -0.2) is 4.79 Å². The molecule has 4 N–H and O–H groups in total. The van der Waals surface area contributed by atoms with Gasteiger partial charge in [-0.15, -0.1) is 0 Å². The number of benzene rings is 1. The Hall–Kier alpha value is -3.06. The number of carboxylic acid groups (broad SMARTS) is 1. The van der Waals surface area contributed by atoms with Crippen LogP contribution in [-0.4, -0.2) is 31.8 Å². The average molecular weight is 407 g/mol. The van der Waals surface area contributed by atoms with Crippen molar-refractivity contribution in [2.45, 2.75) is 51.1 Å². The molecule has 0 spiro atoms. The molecule has 0 unspecified atom stereocenters. The molecule has 0 amide bonds. The second-order valence-corrected chi connectivity index (χ2v) is 8.42. The number of aromatic carboxylic acids is 1. The summed E-state index contributed by atoms with van der Waals surface area (Å²) in [6.07, 6.45) is 5.86. The standard InChI is InChI=1S/C23H25N3O4/c1-26-13(11-24-12-4-2-5-12)10-17-14-6-3-7-16-20(15(14)8-9-18(17)26)25-22(28)19(21(16)27)23(29)30/h8-10,12,24H,2-7,11H2,1H3,(H,29,30)(H2,25,27,28). The van der Waals surface area contributed by atoms with E-state index in [1.807, 2.05) is 12.1 Å². The number of fused-ring (bicyclic) bond motifs is 5. The monoisotopic (exact) mass is 407 g/mol. The smallest absolute Gasteiger partial charge is 0.345 e. The summed E-state index contributed by atoms with van der Waals surface area (Å²) in [5.41, 5.74) is 4.04. The summed E-state index contributed by atoms with van der Waals surface area (Å²) < 4.78 is 2.21. The fraction of sp³-hybridized carbons (Fsp3) is 0.391. The minimum Gasteiger partial charge on any atom is -0.506 e. The molecule has 0 atom stereocenters. The van der Waals surface area contributed by atoms with Crippen molar-refractivity contribution in [1.82, 2.24) is 14.9 Å². The third kappa shape index (κ3) is 2.84. The van der Waals surface area contributed by atoms with Crippen LogP contribution in [0.4, 0.5) is 0 Å². The number of carbonyl (C=O) groups is 1. The van der Waals surface area contributed by atoms with Crippen LogP contribution in [0.25, 0.3) is 22.2 Å². The Bertz CT molecular complexity index is 1230. The Morgan fingerprint density at radius 3 is 2.70 bits per heavy atom. The molecular weight excluding hydrogens is 382 g/mol. The van der Waals surface area contributed by atoms with Gasteiger partial charge >= 0.3 is 5.97 Å². The summed E-state index contributed by atoms with van der Waals surface area (Å²) in [5.74, 6) is -1.82. The lowest BCUT2D eigenvalue weighted by molar-refractivity contribution is 0.0691. The summed E-state index contributed by atoms with van der Waals surface area (Å²) >= 11 is 0. The molecule has 2 aliphatic carbocycles. The van der Waals surface area contributed by atoms with Crippen LogP contribution in [0.15, 0.2) is 23.0 Å².